The molecule has 1 aliphatic heterocycles. The van der Waals surface area contributed by atoms with Gasteiger partial charge < -0.3 is 26.0 Å². The fourth-order valence-electron chi connectivity index (χ4n) is 3.46. The molecule has 0 saturated carbocycles. The summed E-state index contributed by atoms with van der Waals surface area (Å²) in [4.78, 5) is 29.1. The van der Waals surface area contributed by atoms with Crippen molar-refractivity contribution in [1.29, 1.82) is 0 Å². The van der Waals surface area contributed by atoms with Crippen LogP contribution >= 0.6 is 0 Å². The molecule has 1 saturated heterocycles. The summed E-state index contributed by atoms with van der Waals surface area (Å²) < 4.78 is 47.2. The fourth-order valence-corrected chi connectivity index (χ4v) is 3.46. The first kappa shape index (κ1) is 28.9. The number of carbonyl (C=O) groups is 2. The third-order valence-electron chi connectivity index (χ3n) is 5.33. The summed E-state index contributed by atoms with van der Waals surface area (Å²) in [5.41, 5.74) is 5.06. The average Bonchev–Trinajstić information content (AvgIpc) is 3.02. The van der Waals surface area contributed by atoms with Crippen molar-refractivity contribution in [2.45, 2.75) is 45.7 Å². The quantitative estimate of drug-likeness (QED) is 0.181. The van der Waals surface area contributed by atoms with Gasteiger partial charge in [0.15, 0.2) is 0 Å². The summed E-state index contributed by atoms with van der Waals surface area (Å²) in [6.45, 7) is 5.43. The summed E-state index contributed by atoms with van der Waals surface area (Å²) in [7, 11) is 0. The van der Waals surface area contributed by atoms with E-state index in [9.17, 15) is 22.8 Å². The number of aliphatic imine (C=N–C) groups is 1. The predicted octanol–water partition coefficient (Wildman–Crippen LogP) is 3.97. The highest BCUT2D eigenvalue weighted by Crippen LogP contribution is 2.30. The highest BCUT2D eigenvalue weighted by molar-refractivity contribution is 5.97. The molecule has 2 rings (SSSR count). The molecular formula is C25H34F3N5O3. The van der Waals surface area contributed by atoms with Crippen molar-refractivity contribution >= 4 is 23.3 Å². The molecule has 2 amide bonds. The molecule has 1 aliphatic rings. The Bertz CT molecular complexity index is 989. The highest BCUT2D eigenvalue weighted by Gasteiger charge is 2.36. The van der Waals surface area contributed by atoms with Crippen LogP contribution in [0.15, 0.2) is 52.8 Å². The molecule has 0 unspecified atom stereocenters. The molecule has 11 heteroatoms. The Hall–Kier alpha value is -3.34. The van der Waals surface area contributed by atoms with Crippen LogP contribution in [0, 0.1) is 0 Å². The topological polar surface area (TPSA) is 109 Å². The smallest absolute Gasteiger partial charge is 0.385 e. The number of allylic oxidation sites excluding steroid dienone is 2. The second-order valence-electron chi connectivity index (χ2n) is 8.26. The first-order valence-corrected chi connectivity index (χ1v) is 11.9. The number of hydrogen-bond donors (Lipinski definition) is 3. The van der Waals surface area contributed by atoms with Crippen LogP contribution < -0.4 is 16.4 Å². The molecule has 1 aromatic carbocycles. The molecule has 4 N–H and O–H groups in total. The number of rotatable bonds is 11. The van der Waals surface area contributed by atoms with Crippen molar-refractivity contribution in [3.63, 3.8) is 0 Å². The van der Waals surface area contributed by atoms with Gasteiger partial charge in [0.25, 0.3) is 0 Å². The van der Waals surface area contributed by atoms with Gasteiger partial charge >= 0.3 is 6.18 Å². The lowest BCUT2D eigenvalue weighted by Crippen LogP contribution is -2.34. The Balaban J connectivity index is 2.12. The molecule has 1 fully saturated rings. The first-order chi connectivity index (χ1) is 17.1. The number of amides is 2. The zero-order valence-corrected chi connectivity index (χ0v) is 20.7. The number of hydrogen-bond acceptors (Lipinski definition) is 5. The van der Waals surface area contributed by atoms with E-state index in [-0.39, 0.29) is 29.5 Å². The van der Waals surface area contributed by atoms with Crippen LogP contribution in [0.25, 0.3) is 0 Å². The molecule has 36 heavy (non-hydrogen) atoms. The van der Waals surface area contributed by atoms with Crippen LogP contribution in [0.5, 0.6) is 0 Å². The minimum Gasteiger partial charge on any atom is -0.385 e. The molecule has 0 bridgehead atoms. The van der Waals surface area contributed by atoms with E-state index in [4.69, 9.17) is 10.5 Å². The molecule has 8 nitrogen and oxygen atoms in total. The highest BCUT2D eigenvalue weighted by atomic mass is 19.4. The number of ether oxygens (including phenoxy) is 1. The van der Waals surface area contributed by atoms with Gasteiger partial charge in [0.1, 0.15) is 5.84 Å². The third kappa shape index (κ3) is 9.73. The Kier molecular flexibility index (Phi) is 11.5. The van der Waals surface area contributed by atoms with Crippen molar-refractivity contribution in [1.82, 2.24) is 10.2 Å². The summed E-state index contributed by atoms with van der Waals surface area (Å²) >= 11 is 0. The number of unbranched alkanes of at least 4 members (excludes halogenated alkanes) is 1. The fraction of sp³-hybridized carbons (Fsp3) is 0.480. The number of benzene rings is 1. The molecule has 1 aromatic rings. The number of halogens is 3. The van der Waals surface area contributed by atoms with Gasteiger partial charge in [-0.05, 0) is 38.0 Å². The zero-order chi connectivity index (χ0) is 26.6. The lowest BCUT2D eigenvalue weighted by atomic mass is 10.1. The van der Waals surface area contributed by atoms with Crippen LogP contribution in [-0.2, 0) is 9.53 Å². The van der Waals surface area contributed by atoms with E-state index in [0.29, 0.717) is 57.7 Å². The molecule has 0 atom stereocenters. The number of nitrogens with zero attached hydrogens (tertiary/aromatic N) is 2. The van der Waals surface area contributed by atoms with Crippen LogP contribution in [0.3, 0.4) is 0 Å². The zero-order valence-electron chi connectivity index (χ0n) is 20.7. The van der Waals surface area contributed by atoms with E-state index in [1.165, 1.54) is 25.1 Å². The van der Waals surface area contributed by atoms with Crippen molar-refractivity contribution in [3.8, 4) is 0 Å². The van der Waals surface area contributed by atoms with Crippen LogP contribution in [0.2, 0.25) is 0 Å². The van der Waals surface area contributed by atoms with Gasteiger partial charge in [0.2, 0.25) is 11.8 Å². The molecular weight excluding hydrogens is 475 g/mol. The van der Waals surface area contributed by atoms with E-state index in [1.54, 1.807) is 17.0 Å². The number of primary amides is 1. The lowest BCUT2D eigenvalue weighted by Gasteiger charge is -2.21. The molecule has 1 heterocycles. The average molecular weight is 510 g/mol. The monoisotopic (exact) mass is 509 g/mol. The summed E-state index contributed by atoms with van der Waals surface area (Å²) in [6.07, 6.45) is -0.407. The Labute approximate surface area is 209 Å². The van der Waals surface area contributed by atoms with E-state index in [0.717, 1.165) is 6.20 Å². The van der Waals surface area contributed by atoms with Crippen molar-refractivity contribution in [3.05, 3.63) is 53.4 Å². The summed E-state index contributed by atoms with van der Waals surface area (Å²) in [5.74, 6) is -0.420. The van der Waals surface area contributed by atoms with Crippen molar-refractivity contribution in [2.24, 2.45) is 10.7 Å². The standard InChI is InChI=1S/C25H34F3N5O3/c1-3-4-9-22(30-11-6-12-33-13-15-36-14-10-23(33)34)21(25(26,27)28)17-31-18(2)32-20-8-5-7-19(16-20)24(29)35/h5,7-9,16-17,30H,3-4,6,10-15H2,1-2H3,(H2,29,35)(H,31,32)/b21-17+,22-9-. The largest absolute Gasteiger partial charge is 0.419 e. The molecule has 0 radical (unpaired) electrons. The van der Waals surface area contributed by atoms with Crippen LogP contribution in [0.1, 0.15) is 49.9 Å². The Morgan fingerprint density at radius 3 is 2.78 bits per heavy atom. The maximum absolute atomic E-state index is 14.0. The lowest BCUT2D eigenvalue weighted by molar-refractivity contribution is -0.130. The minimum absolute atomic E-state index is 0.0104. The normalized spacial score (nSPS) is 16.1. The SMILES string of the molecule is CCC/C=C(NCCCN1CCOCCC1=O)/C(=C\N=C(C)Nc1cccc(C(N)=O)c1)C(F)(F)F. The number of nitrogens with two attached hydrogens (primary N) is 1. The second-order valence-corrected chi connectivity index (χ2v) is 8.26. The van der Waals surface area contributed by atoms with Gasteiger partial charge in [-0.1, -0.05) is 25.5 Å². The van der Waals surface area contributed by atoms with E-state index >= 15 is 0 Å². The Morgan fingerprint density at radius 2 is 2.08 bits per heavy atom. The number of nitrogens with one attached hydrogen (secondary N) is 2. The number of carbonyl (C=O) groups excluding carboxylic acids is 2. The van der Waals surface area contributed by atoms with Crippen LogP contribution in [0.4, 0.5) is 18.9 Å². The molecule has 198 valence electrons. The van der Waals surface area contributed by atoms with Gasteiger partial charge in [0.05, 0.1) is 25.2 Å². The van der Waals surface area contributed by atoms with E-state index in [1.807, 2.05) is 6.92 Å². The maximum atomic E-state index is 14.0. The van der Waals surface area contributed by atoms with Crippen molar-refractivity contribution < 1.29 is 27.5 Å². The number of alkyl halides is 3. The minimum atomic E-state index is -4.64. The molecule has 0 aromatic heterocycles. The van der Waals surface area contributed by atoms with Crippen molar-refractivity contribution in [2.75, 3.05) is 38.2 Å². The Morgan fingerprint density at radius 1 is 1.31 bits per heavy atom. The van der Waals surface area contributed by atoms with Crippen LogP contribution in [-0.4, -0.2) is 61.6 Å². The van der Waals surface area contributed by atoms with Gasteiger partial charge in [-0.2, -0.15) is 13.2 Å². The second kappa shape index (κ2) is 14.3. The summed E-state index contributed by atoms with van der Waals surface area (Å²) in [5, 5.41) is 5.75. The predicted molar refractivity (Wildman–Crippen MR) is 133 cm³/mol. The van der Waals surface area contributed by atoms with Gasteiger partial charge in [-0.3, -0.25) is 9.59 Å². The van der Waals surface area contributed by atoms with Gasteiger partial charge in [0, 0.05) is 42.8 Å². The number of amidine groups is 1. The van der Waals surface area contributed by atoms with E-state index < -0.39 is 17.7 Å². The number of anilines is 1. The van der Waals surface area contributed by atoms with Gasteiger partial charge in [-0.15, -0.1) is 0 Å². The molecule has 0 spiro atoms. The van der Waals surface area contributed by atoms with E-state index in [2.05, 4.69) is 15.6 Å². The maximum Gasteiger partial charge on any atom is 0.419 e. The first-order valence-electron chi connectivity index (χ1n) is 11.9. The summed E-state index contributed by atoms with van der Waals surface area (Å²) in [6, 6.07) is 6.28. The molecule has 0 aliphatic carbocycles. The third-order valence-corrected chi connectivity index (χ3v) is 5.33. The van der Waals surface area contributed by atoms with Gasteiger partial charge in [-0.25, -0.2) is 4.99 Å².